The molecule has 3 fully saturated rings. The minimum absolute atomic E-state index is 0.766. The Kier molecular flexibility index (Phi) is 3.96. The fourth-order valence-electron chi connectivity index (χ4n) is 3.41. The number of hydrogen-bond donors (Lipinski definition) is 0. The first-order valence-electron chi connectivity index (χ1n) is 7.26. The number of piperidine rings is 3. The van der Waals surface area contributed by atoms with Crippen molar-refractivity contribution in [3.8, 4) is 0 Å². The van der Waals surface area contributed by atoms with Gasteiger partial charge in [0.1, 0.15) is 0 Å². The van der Waals surface area contributed by atoms with Crippen molar-refractivity contribution in [2.45, 2.75) is 25.9 Å². The quantitative estimate of drug-likeness (QED) is 0.740. The lowest BCUT2D eigenvalue weighted by Crippen LogP contribution is -2.47. The number of hydrogen-bond acceptors (Lipinski definition) is 2. The molecule has 3 aliphatic rings. The second-order valence-electron chi connectivity index (χ2n) is 5.72. The predicted molar refractivity (Wildman–Crippen MR) is 73.4 cm³/mol. The maximum atomic E-state index is 5.81. The maximum Gasteiger partial charge on any atom is 0.0716 e. The molecule has 0 unspecified atom stereocenters. The van der Waals surface area contributed by atoms with Gasteiger partial charge in [-0.05, 0) is 49.8 Å². The van der Waals surface area contributed by atoms with Crippen molar-refractivity contribution >= 4 is 0 Å². The normalized spacial score (nSPS) is 30.6. The molecule has 2 nitrogen and oxygen atoms in total. The largest absolute Gasteiger partial charge is 0.377 e. The minimum atomic E-state index is 0.766. The summed E-state index contributed by atoms with van der Waals surface area (Å²) in [7, 11) is 0. The van der Waals surface area contributed by atoms with Crippen LogP contribution in [0.25, 0.3) is 0 Å². The van der Waals surface area contributed by atoms with E-state index in [-0.39, 0.29) is 0 Å². The summed E-state index contributed by atoms with van der Waals surface area (Å²) in [6, 6.07) is 10.5. The Balaban J connectivity index is 1.38. The van der Waals surface area contributed by atoms with E-state index in [2.05, 4.69) is 35.2 Å². The SMILES string of the molecule is c1ccc(COCC[C@@H]2CN3CCC2CC3)cc1. The van der Waals surface area contributed by atoms with Gasteiger partial charge in [-0.3, -0.25) is 0 Å². The molecule has 0 saturated carbocycles. The Morgan fingerprint density at radius 3 is 2.56 bits per heavy atom. The van der Waals surface area contributed by atoms with Crippen molar-refractivity contribution in [2.75, 3.05) is 26.2 Å². The molecular formula is C16H23NO. The summed E-state index contributed by atoms with van der Waals surface area (Å²) >= 11 is 0. The van der Waals surface area contributed by atoms with Gasteiger partial charge in [0.2, 0.25) is 0 Å². The Labute approximate surface area is 110 Å². The van der Waals surface area contributed by atoms with Crippen molar-refractivity contribution in [3.05, 3.63) is 35.9 Å². The average Bonchev–Trinajstić information content (AvgIpc) is 2.46. The molecule has 3 aliphatic heterocycles. The molecule has 0 radical (unpaired) electrons. The first-order valence-corrected chi connectivity index (χ1v) is 7.26. The van der Waals surface area contributed by atoms with E-state index in [0.29, 0.717) is 0 Å². The Hall–Kier alpha value is -0.860. The molecule has 2 heteroatoms. The van der Waals surface area contributed by atoms with Gasteiger partial charge in [-0.25, -0.2) is 0 Å². The van der Waals surface area contributed by atoms with Crippen LogP contribution in [0.2, 0.25) is 0 Å². The van der Waals surface area contributed by atoms with Crippen LogP contribution in [-0.4, -0.2) is 31.1 Å². The fraction of sp³-hybridized carbons (Fsp3) is 0.625. The van der Waals surface area contributed by atoms with Crippen molar-refractivity contribution < 1.29 is 4.74 Å². The zero-order chi connectivity index (χ0) is 12.2. The third-order valence-corrected chi connectivity index (χ3v) is 4.54. The van der Waals surface area contributed by atoms with Crippen molar-refractivity contribution in [1.29, 1.82) is 0 Å². The molecule has 4 rings (SSSR count). The Morgan fingerprint density at radius 2 is 1.89 bits per heavy atom. The summed E-state index contributed by atoms with van der Waals surface area (Å²) in [5.41, 5.74) is 1.28. The third kappa shape index (κ3) is 2.93. The maximum absolute atomic E-state index is 5.81. The standard InChI is InChI=1S/C16H23NO/c1-2-4-14(5-3-1)13-18-11-8-16-12-17-9-6-15(16)7-10-17/h1-5,15-16H,6-13H2/t16-/m1/s1. The molecule has 3 saturated heterocycles. The van der Waals surface area contributed by atoms with E-state index >= 15 is 0 Å². The summed E-state index contributed by atoms with van der Waals surface area (Å²) in [5, 5.41) is 0. The lowest BCUT2D eigenvalue weighted by molar-refractivity contribution is 0.0228. The monoisotopic (exact) mass is 245 g/mol. The van der Waals surface area contributed by atoms with E-state index in [9.17, 15) is 0 Å². The molecule has 0 N–H and O–H groups in total. The van der Waals surface area contributed by atoms with Crippen LogP contribution in [0.3, 0.4) is 0 Å². The molecule has 1 atom stereocenters. The molecule has 0 amide bonds. The van der Waals surface area contributed by atoms with Crippen LogP contribution >= 0.6 is 0 Å². The molecule has 98 valence electrons. The van der Waals surface area contributed by atoms with E-state index in [1.807, 2.05) is 0 Å². The zero-order valence-corrected chi connectivity index (χ0v) is 11.1. The number of nitrogens with zero attached hydrogens (tertiary/aromatic N) is 1. The van der Waals surface area contributed by atoms with Crippen LogP contribution in [0.4, 0.5) is 0 Å². The highest BCUT2D eigenvalue weighted by Gasteiger charge is 2.33. The number of ether oxygens (including phenoxy) is 1. The second kappa shape index (κ2) is 5.85. The summed E-state index contributed by atoms with van der Waals surface area (Å²) in [6.45, 7) is 5.68. The van der Waals surface area contributed by atoms with Gasteiger partial charge < -0.3 is 9.64 Å². The van der Waals surface area contributed by atoms with Crippen molar-refractivity contribution in [2.24, 2.45) is 11.8 Å². The second-order valence-corrected chi connectivity index (χ2v) is 5.72. The number of benzene rings is 1. The van der Waals surface area contributed by atoms with Gasteiger partial charge in [0.15, 0.2) is 0 Å². The van der Waals surface area contributed by atoms with Crippen molar-refractivity contribution in [3.63, 3.8) is 0 Å². The van der Waals surface area contributed by atoms with Gasteiger partial charge in [-0.2, -0.15) is 0 Å². The number of rotatable bonds is 5. The molecule has 0 aromatic heterocycles. The van der Waals surface area contributed by atoms with E-state index in [4.69, 9.17) is 4.74 Å². The molecule has 1 aromatic rings. The molecule has 1 aromatic carbocycles. The summed E-state index contributed by atoms with van der Waals surface area (Å²) in [6.07, 6.45) is 4.08. The topological polar surface area (TPSA) is 12.5 Å². The van der Waals surface area contributed by atoms with Gasteiger partial charge in [-0.1, -0.05) is 30.3 Å². The van der Waals surface area contributed by atoms with E-state index in [1.165, 1.54) is 44.5 Å². The van der Waals surface area contributed by atoms with Crippen LogP contribution in [0.1, 0.15) is 24.8 Å². The van der Waals surface area contributed by atoms with Crippen LogP contribution in [0, 0.1) is 11.8 Å². The highest BCUT2D eigenvalue weighted by atomic mass is 16.5. The van der Waals surface area contributed by atoms with E-state index < -0.39 is 0 Å². The highest BCUT2D eigenvalue weighted by molar-refractivity contribution is 5.13. The zero-order valence-electron chi connectivity index (χ0n) is 11.1. The highest BCUT2D eigenvalue weighted by Crippen LogP contribution is 2.34. The van der Waals surface area contributed by atoms with Crippen molar-refractivity contribution in [1.82, 2.24) is 4.90 Å². The van der Waals surface area contributed by atoms with Crippen LogP contribution < -0.4 is 0 Å². The van der Waals surface area contributed by atoms with Gasteiger partial charge in [0.05, 0.1) is 6.61 Å². The van der Waals surface area contributed by atoms with Crippen LogP contribution in [0.5, 0.6) is 0 Å². The van der Waals surface area contributed by atoms with Gasteiger partial charge >= 0.3 is 0 Å². The third-order valence-electron chi connectivity index (χ3n) is 4.54. The van der Waals surface area contributed by atoms with E-state index in [1.54, 1.807) is 0 Å². The lowest BCUT2D eigenvalue weighted by Gasteiger charge is -2.44. The lowest BCUT2D eigenvalue weighted by atomic mass is 9.78. The molecular weight excluding hydrogens is 222 g/mol. The molecule has 3 heterocycles. The van der Waals surface area contributed by atoms with E-state index in [0.717, 1.165) is 25.0 Å². The van der Waals surface area contributed by atoms with Gasteiger partial charge in [0, 0.05) is 13.2 Å². The minimum Gasteiger partial charge on any atom is -0.377 e. The fourth-order valence-corrected chi connectivity index (χ4v) is 3.41. The summed E-state index contributed by atoms with van der Waals surface area (Å²) in [4.78, 5) is 2.63. The summed E-state index contributed by atoms with van der Waals surface area (Å²) in [5.74, 6) is 1.87. The Morgan fingerprint density at radius 1 is 1.11 bits per heavy atom. The first-order chi connectivity index (χ1) is 8.92. The first kappa shape index (κ1) is 12.2. The van der Waals surface area contributed by atoms with Gasteiger partial charge in [-0.15, -0.1) is 0 Å². The number of fused-ring (bicyclic) bond motifs is 3. The molecule has 0 aliphatic carbocycles. The van der Waals surface area contributed by atoms with Crippen LogP contribution in [-0.2, 0) is 11.3 Å². The average molecular weight is 245 g/mol. The smallest absolute Gasteiger partial charge is 0.0716 e. The summed E-state index contributed by atoms with van der Waals surface area (Å²) < 4.78 is 5.81. The Bertz CT molecular complexity index is 357. The predicted octanol–water partition coefficient (Wildman–Crippen LogP) is 2.94. The molecule has 0 spiro atoms. The van der Waals surface area contributed by atoms with Gasteiger partial charge in [0.25, 0.3) is 0 Å². The molecule has 2 bridgehead atoms. The molecule has 18 heavy (non-hydrogen) atoms. The van der Waals surface area contributed by atoms with Crippen LogP contribution in [0.15, 0.2) is 30.3 Å².